The Balaban J connectivity index is 2.36. The fraction of sp³-hybridized carbons (Fsp3) is 0.273. The van der Waals surface area contributed by atoms with Crippen LogP contribution in [0.25, 0.3) is 0 Å². The summed E-state index contributed by atoms with van der Waals surface area (Å²) in [4.78, 5) is 3.71. The van der Waals surface area contributed by atoms with Gasteiger partial charge in [-0.2, -0.15) is 5.10 Å². The van der Waals surface area contributed by atoms with Crippen molar-refractivity contribution < 1.29 is 13.5 Å². The molecule has 0 aliphatic carbocycles. The van der Waals surface area contributed by atoms with Crippen molar-refractivity contribution >= 4 is 33.2 Å². The zero-order valence-electron chi connectivity index (χ0n) is 10.8. The molecular formula is C11H12Cl2N4O3S. The van der Waals surface area contributed by atoms with Crippen LogP contribution in [0.1, 0.15) is 24.4 Å². The van der Waals surface area contributed by atoms with Crippen LogP contribution in [0.3, 0.4) is 0 Å². The molecule has 0 aliphatic heterocycles. The predicted molar refractivity (Wildman–Crippen MR) is 77.5 cm³/mol. The van der Waals surface area contributed by atoms with Gasteiger partial charge in [0.2, 0.25) is 10.0 Å². The molecule has 2 rings (SSSR count). The largest absolute Gasteiger partial charge is 0.392 e. The molecule has 1 aromatic carbocycles. The molecule has 2 aromatic rings. The number of halogens is 2. The van der Waals surface area contributed by atoms with Gasteiger partial charge in [0.05, 0.1) is 17.7 Å². The maximum absolute atomic E-state index is 12.4. The van der Waals surface area contributed by atoms with E-state index in [9.17, 15) is 8.42 Å². The number of H-pyrrole nitrogens is 1. The first-order chi connectivity index (χ1) is 9.85. The van der Waals surface area contributed by atoms with Crippen LogP contribution >= 0.6 is 23.2 Å². The van der Waals surface area contributed by atoms with Crippen molar-refractivity contribution in [1.29, 1.82) is 0 Å². The van der Waals surface area contributed by atoms with E-state index in [4.69, 9.17) is 28.3 Å². The van der Waals surface area contributed by atoms with Crippen molar-refractivity contribution in [2.45, 2.75) is 24.5 Å². The lowest BCUT2D eigenvalue weighted by atomic mass is 10.2. The van der Waals surface area contributed by atoms with E-state index >= 15 is 0 Å². The quantitative estimate of drug-likeness (QED) is 0.759. The van der Waals surface area contributed by atoms with Crippen molar-refractivity contribution in [3.05, 3.63) is 39.9 Å². The summed E-state index contributed by atoms with van der Waals surface area (Å²) in [6.07, 6.45) is 1.28. The maximum atomic E-state index is 12.4. The van der Waals surface area contributed by atoms with Gasteiger partial charge in [0.1, 0.15) is 17.0 Å². The number of nitrogens with zero attached hydrogens (tertiary/aromatic N) is 2. The average molecular weight is 351 g/mol. The van der Waals surface area contributed by atoms with Gasteiger partial charge in [0, 0.05) is 5.02 Å². The molecule has 1 unspecified atom stereocenters. The molecule has 7 nitrogen and oxygen atoms in total. The second-order valence-electron chi connectivity index (χ2n) is 4.25. The number of sulfonamides is 1. The highest BCUT2D eigenvalue weighted by Gasteiger charge is 2.23. The minimum absolute atomic E-state index is 0.0329. The van der Waals surface area contributed by atoms with E-state index in [1.54, 1.807) is 6.92 Å². The summed E-state index contributed by atoms with van der Waals surface area (Å²) in [5.41, 5.74) is 0.272. The van der Waals surface area contributed by atoms with Crippen LogP contribution in [0.2, 0.25) is 10.0 Å². The lowest BCUT2D eigenvalue weighted by molar-refractivity contribution is 0.281. The average Bonchev–Trinajstić information content (AvgIpc) is 2.91. The Labute approximate surface area is 131 Å². The molecular weight excluding hydrogens is 339 g/mol. The third kappa shape index (κ3) is 3.53. The van der Waals surface area contributed by atoms with Crippen LogP contribution in [0.15, 0.2) is 23.4 Å². The smallest absolute Gasteiger partial charge is 0.242 e. The number of aromatic amines is 1. The van der Waals surface area contributed by atoms with Crippen LogP contribution in [-0.2, 0) is 16.6 Å². The molecule has 0 saturated carbocycles. The minimum Gasteiger partial charge on any atom is -0.392 e. The van der Waals surface area contributed by atoms with Crippen molar-refractivity contribution in [1.82, 2.24) is 19.9 Å². The Bertz CT molecular complexity index is 734. The monoisotopic (exact) mass is 350 g/mol. The Kier molecular flexibility index (Phi) is 4.84. The summed E-state index contributed by atoms with van der Waals surface area (Å²) in [5.74, 6) is 0.367. The third-order valence-electron chi connectivity index (χ3n) is 2.74. The van der Waals surface area contributed by atoms with Gasteiger partial charge in [-0.1, -0.05) is 23.2 Å². The van der Waals surface area contributed by atoms with E-state index in [0.717, 1.165) is 0 Å². The third-order valence-corrected chi connectivity index (χ3v) is 5.09. The van der Waals surface area contributed by atoms with Crippen molar-refractivity contribution in [3.63, 3.8) is 0 Å². The topological polar surface area (TPSA) is 108 Å². The highest BCUT2D eigenvalue weighted by atomic mass is 35.5. The molecule has 10 heteroatoms. The van der Waals surface area contributed by atoms with Gasteiger partial charge in [0.15, 0.2) is 0 Å². The number of hydrogen-bond donors (Lipinski definition) is 3. The summed E-state index contributed by atoms with van der Waals surface area (Å²) >= 11 is 11.8. The van der Waals surface area contributed by atoms with Crippen LogP contribution in [0, 0.1) is 0 Å². The van der Waals surface area contributed by atoms with Crippen molar-refractivity contribution in [2.24, 2.45) is 0 Å². The van der Waals surface area contributed by atoms with Gasteiger partial charge in [-0.15, -0.1) is 0 Å². The molecule has 114 valence electrons. The van der Waals surface area contributed by atoms with Crippen LogP contribution < -0.4 is 4.72 Å². The molecule has 0 radical (unpaired) electrons. The molecule has 0 fully saturated rings. The summed E-state index contributed by atoms with van der Waals surface area (Å²) < 4.78 is 27.1. The lowest BCUT2D eigenvalue weighted by Crippen LogP contribution is -2.28. The first-order valence-corrected chi connectivity index (χ1v) is 8.05. The minimum atomic E-state index is -3.91. The van der Waals surface area contributed by atoms with E-state index in [1.165, 1.54) is 18.5 Å². The van der Waals surface area contributed by atoms with E-state index in [1.807, 2.05) is 0 Å². The Hall–Kier alpha value is -1.19. The van der Waals surface area contributed by atoms with Crippen molar-refractivity contribution in [3.8, 4) is 0 Å². The number of nitrogens with one attached hydrogen (secondary N) is 2. The number of aromatic nitrogens is 3. The van der Waals surface area contributed by atoms with E-state index < -0.39 is 22.7 Å². The molecule has 1 atom stereocenters. The number of aliphatic hydroxyl groups is 1. The first kappa shape index (κ1) is 16.2. The van der Waals surface area contributed by atoms with E-state index in [2.05, 4.69) is 19.9 Å². The van der Waals surface area contributed by atoms with Gasteiger partial charge in [-0.05, 0) is 24.6 Å². The molecule has 1 aromatic heterocycles. The second-order valence-corrected chi connectivity index (χ2v) is 6.74. The molecule has 1 heterocycles. The van der Waals surface area contributed by atoms with Crippen molar-refractivity contribution in [2.75, 3.05) is 0 Å². The second kappa shape index (κ2) is 6.29. The SMILES string of the molecule is CC(NS(=O)(=O)c1cc(CO)c(Cl)cc1Cl)c1ncn[nH]1. The molecule has 0 bridgehead atoms. The fourth-order valence-corrected chi connectivity index (χ4v) is 3.74. The number of rotatable bonds is 5. The molecule has 3 N–H and O–H groups in total. The van der Waals surface area contributed by atoms with Crippen LogP contribution in [0.4, 0.5) is 0 Å². The molecule has 21 heavy (non-hydrogen) atoms. The van der Waals surface area contributed by atoms with Crippen LogP contribution in [-0.4, -0.2) is 28.7 Å². The highest BCUT2D eigenvalue weighted by molar-refractivity contribution is 7.89. The van der Waals surface area contributed by atoms with Gasteiger partial charge < -0.3 is 5.11 Å². The van der Waals surface area contributed by atoms with Gasteiger partial charge >= 0.3 is 0 Å². The molecule has 0 spiro atoms. The molecule has 0 aliphatic rings. The first-order valence-electron chi connectivity index (χ1n) is 5.81. The Morgan fingerprint density at radius 3 is 2.67 bits per heavy atom. The number of aliphatic hydroxyl groups excluding tert-OH is 1. The fourth-order valence-electron chi connectivity index (χ4n) is 1.67. The summed E-state index contributed by atoms with van der Waals surface area (Å²) in [6, 6.07) is 1.89. The Morgan fingerprint density at radius 2 is 2.10 bits per heavy atom. The summed E-state index contributed by atoms with van der Waals surface area (Å²) in [6.45, 7) is 1.21. The lowest BCUT2D eigenvalue weighted by Gasteiger charge is -2.14. The van der Waals surface area contributed by atoms with Crippen LogP contribution in [0.5, 0.6) is 0 Å². The predicted octanol–water partition coefficient (Wildman–Crippen LogP) is 1.64. The maximum Gasteiger partial charge on any atom is 0.242 e. The van der Waals surface area contributed by atoms with E-state index in [-0.39, 0.29) is 20.5 Å². The summed E-state index contributed by atoms with van der Waals surface area (Å²) in [7, 11) is -3.91. The number of hydrogen-bond acceptors (Lipinski definition) is 5. The Morgan fingerprint density at radius 1 is 1.38 bits per heavy atom. The van der Waals surface area contributed by atoms with E-state index in [0.29, 0.717) is 5.82 Å². The van der Waals surface area contributed by atoms with Gasteiger partial charge in [0.25, 0.3) is 0 Å². The normalized spacial score (nSPS) is 13.3. The molecule has 0 saturated heterocycles. The zero-order valence-corrected chi connectivity index (χ0v) is 13.2. The van der Waals surface area contributed by atoms with Gasteiger partial charge in [-0.3, -0.25) is 5.10 Å². The standard InChI is InChI=1S/C11H12Cl2N4O3S/c1-6(11-14-5-15-16-11)17-21(19,20)10-2-7(4-18)8(12)3-9(10)13/h2-3,5-6,17-18H,4H2,1H3,(H,14,15,16). The zero-order chi connectivity index (χ0) is 15.6. The van der Waals surface area contributed by atoms with Gasteiger partial charge in [-0.25, -0.2) is 18.1 Å². The highest BCUT2D eigenvalue weighted by Crippen LogP contribution is 2.29. The number of benzene rings is 1. The molecule has 0 amide bonds. The summed E-state index contributed by atoms with van der Waals surface area (Å²) in [5, 5.41) is 15.6.